The van der Waals surface area contributed by atoms with Crippen LogP contribution in [0.25, 0.3) is 10.6 Å². The summed E-state index contributed by atoms with van der Waals surface area (Å²) in [5.74, 6) is -0.285. The Morgan fingerprint density at radius 2 is 2.06 bits per heavy atom. The van der Waals surface area contributed by atoms with Crippen molar-refractivity contribution in [1.82, 2.24) is 15.0 Å². The van der Waals surface area contributed by atoms with Crippen LogP contribution in [0.4, 0.5) is 22.5 Å². The number of aliphatic hydroxyl groups is 1. The highest BCUT2D eigenvalue weighted by Crippen LogP contribution is 2.32. The first-order valence-electron chi connectivity index (χ1n) is 9.37. The number of non-ortho nitro benzene ring substituents is 1. The number of anilines is 3. The van der Waals surface area contributed by atoms with Crippen LogP contribution in [0.15, 0.2) is 36.5 Å². The fourth-order valence-electron chi connectivity index (χ4n) is 2.34. The third kappa shape index (κ3) is 6.25. The number of nitrogens with two attached hydrogens (primary N) is 1. The molecule has 31 heavy (non-hydrogen) atoms. The molecule has 1 amide bonds. The summed E-state index contributed by atoms with van der Waals surface area (Å²) in [5.41, 5.74) is 7.12. The Morgan fingerprint density at radius 1 is 1.32 bits per heavy atom. The minimum absolute atomic E-state index is 0.0501. The topological polar surface area (TPSA) is 169 Å². The van der Waals surface area contributed by atoms with Crippen LogP contribution in [0.3, 0.4) is 0 Å². The van der Waals surface area contributed by atoms with E-state index in [0.717, 1.165) is 0 Å². The Hall–Kier alpha value is -3.48. The van der Waals surface area contributed by atoms with Gasteiger partial charge in [0.25, 0.3) is 5.69 Å². The van der Waals surface area contributed by atoms with Gasteiger partial charge in [0.15, 0.2) is 5.13 Å². The van der Waals surface area contributed by atoms with Gasteiger partial charge in [-0.25, -0.2) is 15.0 Å². The third-order valence-electron chi connectivity index (χ3n) is 3.76. The SMILES string of the molecule is CC.Cc1nc(NC(=O)C(N)CO)sc1-c1ccnc(Nc2cccc([N+](=O)[O-])c2)n1. The van der Waals surface area contributed by atoms with Crippen LogP contribution < -0.4 is 16.4 Å². The highest BCUT2D eigenvalue weighted by Gasteiger charge is 2.17. The molecule has 1 aromatic carbocycles. The summed E-state index contributed by atoms with van der Waals surface area (Å²) in [6, 6.07) is 6.65. The second-order valence-corrected chi connectivity index (χ2v) is 6.91. The van der Waals surface area contributed by atoms with Gasteiger partial charge in [0, 0.05) is 24.0 Å². The Bertz CT molecular complexity index is 1060. The van der Waals surface area contributed by atoms with Gasteiger partial charge in [0.2, 0.25) is 11.9 Å². The van der Waals surface area contributed by atoms with E-state index in [2.05, 4.69) is 25.6 Å². The molecule has 5 N–H and O–H groups in total. The van der Waals surface area contributed by atoms with E-state index < -0.39 is 23.5 Å². The van der Waals surface area contributed by atoms with Gasteiger partial charge in [-0.15, -0.1) is 0 Å². The summed E-state index contributed by atoms with van der Waals surface area (Å²) in [6.45, 7) is 5.30. The molecule has 164 valence electrons. The molecule has 11 nitrogen and oxygen atoms in total. The number of carbonyl (C=O) groups excluding carboxylic acids is 1. The molecule has 0 aliphatic carbocycles. The molecule has 0 radical (unpaired) electrons. The average molecular weight is 446 g/mol. The van der Waals surface area contributed by atoms with Gasteiger partial charge < -0.3 is 21.5 Å². The maximum Gasteiger partial charge on any atom is 0.271 e. The lowest BCUT2D eigenvalue weighted by atomic mass is 10.3. The number of aromatic nitrogens is 3. The maximum atomic E-state index is 11.8. The third-order valence-corrected chi connectivity index (χ3v) is 4.86. The summed E-state index contributed by atoms with van der Waals surface area (Å²) in [6.07, 6.45) is 1.54. The predicted octanol–water partition coefficient (Wildman–Crippen LogP) is 2.84. The standard InChI is InChI=1S/C17H17N7O4S.C2H6/c1-9-14(29-17(20-9)23-15(26)12(18)8-25)13-5-6-19-16(22-13)21-10-3-2-4-11(7-10)24(27)28;1-2/h2-7,12,25H,8,18H2,1H3,(H,19,21,22)(H,20,23,26);1-2H3. The van der Waals surface area contributed by atoms with Crippen molar-refractivity contribution >= 4 is 39.7 Å². The fraction of sp³-hybridized carbons (Fsp3) is 0.263. The number of thiazole rings is 1. The molecule has 0 fully saturated rings. The van der Waals surface area contributed by atoms with Crippen LogP contribution in [0, 0.1) is 17.0 Å². The van der Waals surface area contributed by atoms with E-state index in [-0.39, 0.29) is 11.6 Å². The minimum Gasteiger partial charge on any atom is -0.394 e. The van der Waals surface area contributed by atoms with Gasteiger partial charge in [-0.05, 0) is 19.1 Å². The quantitative estimate of drug-likeness (QED) is 0.315. The predicted molar refractivity (Wildman–Crippen MR) is 119 cm³/mol. The molecule has 0 saturated carbocycles. The number of nitrogens with one attached hydrogen (secondary N) is 2. The Labute approximate surface area is 182 Å². The summed E-state index contributed by atoms with van der Waals surface area (Å²) in [7, 11) is 0. The zero-order valence-electron chi connectivity index (χ0n) is 17.2. The lowest BCUT2D eigenvalue weighted by Crippen LogP contribution is -2.38. The van der Waals surface area contributed by atoms with Crippen molar-refractivity contribution in [3.05, 3.63) is 52.3 Å². The molecule has 0 aliphatic heterocycles. The first kappa shape index (κ1) is 23.8. The Balaban J connectivity index is 0.00000166. The molecule has 3 aromatic rings. The van der Waals surface area contributed by atoms with E-state index in [9.17, 15) is 14.9 Å². The lowest BCUT2D eigenvalue weighted by molar-refractivity contribution is -0.384. The van der Waals surface area contributed by atoms with Crippen LogP contribution in [0.1, 0.15) is 19.5 Å². The highest BCUT2D eigenvalue weighted by atomic mass is 32.1. The number of rotatable bonds is 7. The van der Waals surface area contributed by atoms with E-state index in [1.54, 1.807) is 31.3 Å². The number of aryl methyl sites for hydroxylation is 1. The van der Waals surface area contributed by atoms with Gasteiger partial charge >= 0.3 is 0 Å². The molecule has 0 spiro atoms. The number of hydrogen-bond donors (Lipinski definition) is 4. The smallest absolute Gasteiger partial charge is 0.271 e. The summed E-state index contributed by atoms with van der Waals surface area (Å²) in [4.78, 5) is 35.8. The van der Waals surface area contributed by atoms with Crippen molar-refractivity contribution in [2.24, 2.45) is 5.73 Å². The summed E-state index contributed by atoms with van der Waals surface area (Å²) in [5, 5.41) is 25.7. The number of nitrogens with zero attached hydrogens (tertiary/aromatic N) is 4. The first-order chi connectivity index (χ1) is 14.9. The number of benzene rings is 1. The largest absolute Gasteiger partial charge is 0.394 e. The molecule has 0 aliphatic rings. The Morgan fingerprint density at radius 3 is 2.74 bits per heavy atom. The van der Waals surface area contributed by atoms with Gasteiger partial charge in [0.05, 0.1) is 27.8 Å². The highest BCUT2D eigenvalue weighted by molar-refractivity contribution is 7.19. The van der Waals surface area contributed by atoms with Crippen LogP contribution >= 0.6 is 11.3 Å². The van der Waals surface area contributed by atoms with Gasteiger partial charge in [0.1, 0.15) is 6.04 Å². The monoisotopic (exact) mass is 445 g/mol. The molecule has 2 aromatic heterocycles. The van der Waals surface area contributed by atoms with Crippen molar-refractivity contribution in [3.63, 3.8) is 0 Å². The molecule has 0 saturated heterocycles. The summed E-state index contributed by atoms with van der Waals surface area (Å²) < 4.78 is 0. The van der Waals surface area contributed by atoms with E-state index in [0.29, 0.717) is 27.1 Å². The van der Waals surface area contributed by atoms with E-state index in [1.165, 1.54) is 23.5 Å². The molecular weight excluding hydrogens is 422 g/mol. The minimum atomic E-state index is -1.03. The normalized spacial score (nSPS) is 11.1. The second-order valence-electron chi connectivity index (χ2n) is 5.91. The van der Waals surface area contributed by atoms with Crippen molar-refractivity contribution < 1.29 is 14.8 Å². The molecular formula is C19H23N7O4S. The number of hydrogen-bond acceptors (Lipinski definition) is 10. The molecule has 3 rings (SSSR count). The number of nitro groups is 1. The van der Waals surface area contributed by atoms with Crippen LogP contribution in [-0.2, 0) is 4.79 Å². The lowest BCUT2D eigenvalue weighted by Gasteiger charge is -2.06. The molecule has 12 heteroatoms. The molecule has 1 unspecified atom stereocenters. The maximum absolute atomic E-state index is 11.8. The summed E-state index contributed by atoms with van der Waals surface area (Å²) >= 11 is 1.20. The average Bonchev–Trinajstić information content (AvgIpc) is 3.14. The number of amides is 1. The van der Waals surface area contributed by atoms with Crippen LogP contribution in [-0.4, -0.2) is 43.5 Å². The molecule has 0 bridgehead atoms. The van der Waals surface area contributed by atoms with E-state index in [1.807, 2.05) is 13.8 Å². The van der Waals surface area contributed by atoms with Gasteiger partial charge in [-0.2, -0.15) is 0 Å². The molecule has 1 atom stereocenters. The molecule has 2 heterocycles. The number of aliphatic hydroxyl groups excluding tert-OH is 1. The first-order valence-corrected chi connectivity index (χ1v) is 10.2. The van der Waals surface area contributed by atoms with Crippen molar-refractivity contribution in [1.29, 1.82) is 0 Å². The van der Waals surface area contributed by atoms with Crippen LogP contribution in [0.2, 0.25) is 0 Å². The fourth-order valence-corrected chi connectivity index (χ4v) is 3.28. The van der Waals surface area contributed by atoms with Crippen molar-refractivity contribution in [2.75, 3.05) is 17.2 Å². The van der Waals surface area contributed by atoms with Gasteiger partial charge in [-0.3, -0.25) is 14.9 Å². The van der Waals surface area contributed by atoms with Gasteiger partial charge in [-0.1, -0.05) is 31.3 Å². The zero-order valence-corrected chi connectivity index (χ0v) is 18.0. The number of nitro benzene ring substituents is 1. The Kier molecular flexibility index (Phi) is 8.49. The van der Waals surface area contributed by atoms with E-state index >= 15 is 0 Å². The van der Waals surface area contributed by atoms with E-state index in [4.69, 9.17) is 10.8 Å². The van der Waals surface area contributed by atoms with Crippen LogP contribution in [0.5, 0.6) is 0 Å². The van der Waals surface area contributed by atoms with Crippen molar-refractivity contribution in [2.45, 2.75) is 26.8 Å². The second kappa shape index (κ2) is 11.1. The number of carbonyl (C=O) groups is 1. The zero-order chi connectivity index (χ0) is 23.0. The van der Waals surface area contributed by atoms with Crippen molar-refractivity contribution in [3.8, 4) is 10.6 Å².